The number of nitrogens with zero attached hydrogens (tertiary/aromatic N) is 1. The Hall–Kier alpha value is -1.49. The van der Waals surface area contributed by atoms with Gasteiger partial charge in [-0.05, 0) is 44.1 Å². The summed E-state index contributed by atoms with van der Waals surface area (Å²) in [5.41, 5.74) is 0.544. The second-order valence-corrected chi connectivity index (χ2v) is 5.37. The average molecular weight is 279 g/mol. The van der Waals surface area contributed by atoms with Crippen molar-refractivity contribution in [1.29, 1.82) is 0 Å². The molecule has 0 heterocycles. The second kappa shape index (κ2) is 6.61. The first-order chi connectivity index (χ1) is 9.20. The maximum absolute atomic E-state index is 11.2. The number of thioether (sulfide) groups is 1. The molecule has 2 rings (SSSR count). The van der Waals surface area contributed by atoms with E-state index in [-0.39, 0.29) is 11.8 Å². The Kier molecular flexibility index (Phi) is 4.85. The maximum Gasteiger partial charge on any atom is 0.358 e. The molecule has 0 amide bonds. The Morgan fingerprint density at radius 3 is 2.47 bits per heavy atom. The molecule has 0 atom stereocenters. The number of hydrogen-bond donors (Lipinski definition) is 1. The van der Waals surface area contributed by atoms with Crippen LogP contribution in [0.25, 0.3) is 0 Å². The van der Waals surface area contributed by atoms with Crippen LogP contribution < -0.4 is 0 Å². The monoisotopic (exact) mass is 279 g/mol. The molecule has 0 spiro atoms. The van der Waals surface area contributed by atoms with Gasteiger partial charge in [-0.25, -0.2) is 4.79 Å². The highest BCUT2D eigenvalue weighted by Crippen LogP contribution is 2.21. The summed E-state index contributed by atoms with van der Waals surface area (Å²) in [7, 11) is 0. The van der Waals surface area contributed by atoms with E-state index in [2.05, 4.69) is 5.16 Å². The van der Waals surface area contributed by atoms with Crippen molar-refractivity contribution in [3.05, 3.63) is 29.8 Å². The van der Waals surface area contributed by atoms with Crippen molar-refractivity contribution in [3.8, 4) is 0 Å². The summed E-state index contributed by atoms with van der Waals surface area (Å²) in [5, 5.41) is 13.1. The molecule has 5 heteroatoms. The van der Waals surface area contributed by atoms with Crippen molar-refractivity contribution >= 4 is 23.4 Å². The molecule has 0 aliphatic heterocycles. The van der Waals surface area contributed by atoms with Crippen molar-refractivity contribution in [1.82, 2.24) is 0 Å². The van der Waals surface area contributed by atoms with Gasteiger partial charge < -0.3 is 9.94 Å². The standard InChI is InChI=1S/C14H17NO3S/c1-19-12-8-6-10(7-9-12)13(14(16)17)15-18-11-4-2-3-5-11/h6-9,11H,2-5H2,1H3,(H,16,17)/b15-13+. The molecule has 1 N–H and O–H groups in total. The van der Waals surface area contributed by atoms with Crippen LogP contribution in [0.2, 0.25) is 0 Å². The number of carbonyl (C=O) groups is 1. The fourth-order valence-corrected chi connectivity index (χ4v) is 2.49. The van der Waals surface area contributed by atoms with Gasteiger partial charge >= 0.3 is 5.97 Å². The summed E-state index contributed by atoms with van der Waals surface area (Å²) in [4.78, 5) is 17.7. The molecule has 19 heavy (non-hydrogen) atoms. The van der Waals surface area contributed by atoms with Gasteiger partial charge in [0, 0.05) is 10.5 Å². The lowest BCUT2D eigenvalue weighted by Crippen LogP contribution is -2.16. The smallest absolute Gasteiger partial charge is 0.358 e. The molecule has 0 aromatic heterocycles. The highest BCUT2D eigenvalue weighted by Gasteiger charge is 2.19. The van der Waals surface area contributed by atoms with E-state index in [4.69, 9.17) is 4.84 Å². The van der Waals surface area contributed by atoms with Crippen LogP contribution in [0.3, 0.4) is 0 Å². The molecule has 0 bridgehead atoms. The van der Waals surface area contributed by atoms with E-state index >= 15 is 0 Å². The summed E-state index contributed by atoms with van der Waals surface area (Å²) in [5.74, 6) is -1.06. The summed E-state index contributed by atoms with van der Waals surface area (Å²) in [6, 6.07) is 7.29. The minimum Gasteiger partial charge on any atom is -0.476 e. The van der Waals surface area contributed by atoms with Gasteiger partial charge in [-0.1, -0.05) is 17.3 Å². The lowest BCUT2D eigenvalue weighted by atomic mass is 10.1. The lowest BCUT2D eigenvalue weighted by Gasteiger charge is -2.08. The molecule has 0 unspecified atom stereocenters. The SMILES string of the molecule is CSc1ccc(/C(=N\OC2CCCC2)C(=O)O)cc1. The Morgan fingerprint density at radius 2 is 1.95 bits per heavy atom. The zero-order chi connectivity index (χ0) is 13.7. The van der Waals surface area contributed by atoms with Crippen molar-refractivity contribution in [3.63, 3.8) is 0 Å². The number of carboxylic acids is 1. The quantitative estimate of drug-likeness (QED) is 0.511. The molecule has 0 radical (unpaired) electrons. The number of hydrogen-bond acceptors (Lipinski definition) is 4. The number of rotatable bonds is 5. The van der Waals surface area contributed by atoms with Crippen LogP contribution in [-0.2, 0) is 9.63 Å². The molecule has 4 nitrogen and oxygen atoms in total. The minimum atomic E-state index is -1.06. The van der Waals surface area contributed by atoms with Crippen molar-refractivity contribution in [2.24, 2.45) is 5.16 Å². The van der Waals surface area contributed by atoms with Gasteiger partial charge in [0.2, 0.25) is 0 Å². The predicted octanol–water partition coefficient (Wildman–Crippen LogP) is 3.16. The van der Waals surface area contributed by atoms with E-state index in [1.54, 1.807) is 23.9 Å². The molecular weight excluding hydrogens is 262 g/mol. The molecular formula is C14H17NO3S. The minimum absolute atomic E-state index is 0.0282. The maximum atomic E-state index is 11.2. The van der Waals surface area contributed by atoms with Gasteiger partial charge in [0.15, 0.2) is 5.71 Å². The zero-order valence-electron chi connectivity index (χ0n) is 10.8. The first kappa shape index (κ1) is 13.9. The van der Waals surface area contributed by atoms with Gasteiger partial charge in [-0.3, -0.25) is 0 Å². The Bertz CT molecular complexity index is 464. The van der Waals surface area contributed by atoms with Crippen molar-refractivity contribution in [2.75, 3.05) is 6.26 Å². The van der Waals surface area contributed by atoms with Crippen LogP contribution in [0.15, 0.2) is 34.3 Å². The van der Waals surface area contributed by atoms with E-state index in [0.29, 0.717) is 5.56 Å². The Morgan fingerprint density at radius 1 is 1.32 bits per heavy atom. The Labute approximate surface area is 116 Å². The topological polar surface area (TPSA) is 58.9 Å². The van der Waals surface area contributed by atoms with Crippen LogP contribution in [0, 0.1) is 0 Å². The fraction of sp³-hybridized carbons (Fsp3) is 0.429. The molecule has 102 valence electrons. The Balaban J connectivity index is 2.13. The van der Waals surface area contributed by atoms with Gasteiger partial charge in [-0.15, -0.1) is 11.8 Å². The molecule has 1 saturated carbocycles. The second-order valence-electron chi connectivity index (χ2n) is 4.49. The predicted molar refractivity (Wildman–Crippen MR) is 75.7 cm³/mol. The average Bonchev–Trinajstić information content (AvgIpc) is 2.92. The van der Waals surface area contributed by atoms with Gasteiger partial charge in [0.25, 0.3) is 0 Å². The molecule has 0 saturated heterocycles. The summed E-state index contributed by atoms with van der Waals surface area (Å²) >= 11 is 1.61. The number of benzene rings is 1. The van der Waals surface area contributed by atoms with Crippen molar-refractivity contribution in [2.45, 2.75) is 36.7 Å². The van der Waals surface area contributed by atoms with E-state index in [0.717, 1.165) is 30.6 Å². The third kappa shape index (κ3) is 3.73. The van der Waals surface area contributed by atoms with E-state index < -0.39 is 5.97 Å². The first-order valence-corrected chi connectivity index (χ1v) is 7.54. The summed E-state index contributed by atoms with van der Waals surface area (Å²) in [6.07, 6.45) is 6.23. The third-order valence-electron chi connectivity index (χ3n) is 3.16. The summed E-state index contributed by atoms with van der Waals surface area (Å²) in [6.45, 7) is 0. The molecule has 1 aromatic carbocycles. The molecule has 1 aliphatic rings. The number of aliphatic carboxylic acids is 1. The van der Waals surface area contributed by atoms with Gasteiger partial charge in [0.1, 0.15) is 6.10 Å². The summed E-state index contributed by atoms with van der Waals surface area (Å²) < 4.78 is 0. The molecule has 1 fully saturated rings. The zero-order valence-corrected chi connectivity index (χ0v) is 11.7. The van der Waals surface area contributed by atoms with Gasteiger partial charge in [-0.2, -0.15) is 0 Å². The third-order valence-corrected chi connectivity index (χ3v) is 3.90. The van der Waals surface area contributed by atoms with Gasteiger partial charge in [0.05, 0.1) is 0 Å². The van der Waals surface area contributed by atoms with Crippen LogP contribution in [-0.4, -0.2) is 29.1 Å². The largest absolute Gasteiger partial charge is 0.476 e. The van der Waals surface area contributed by atoms with Crippen LogP contribution in [0.4, 0.5) is 0 Å². The van der Waals surface area contributed by atoms with E-state index in [9.17, 15) is 9.90 Å². The van der Waals surface area contributed by atoms with Crippen LogP contribution in [0.5, 0.6) is 0 Å². The molecule has 1 aromatic rings. The highest BCUT2D eigenvalue weighted by molar-refractivity contribution is 7.98. The molecule has 1 aliphatic carbocycles. The number of carboxylic acid groups (broad SMARTS) is 1. The van der Waals surface area contributed by atoms with E-state index in [1.165, 1.54) is 0 Å². The lowest BCUT2D eigenvalue weighted by molar-refractivity contribution is -0.129. The normalized spacial score (nSPS) is 16.6. The first-order valence-electron chi connectivity index (χ1n) is 6.32. The fourth-order valence-electron chi connectivity index (χ4n) is 2.09. The van der Waals surface area contributed by atoms with E-state index in [1.807, 2.05) is 18.4 Å². The highest BCUT2D eigenvalue weighted by atomic mass is 32.2. The number of oxime groups is 1. The van der Waals surface area contributed by atoms with Crippen LogP contribution >= 0.6 is 11.8 Å². The van der Waals surface area contributed by atoms with Crippen molar-refractivity contribution < 1.29 is 14.7 Å². The van der Waals surface area contributed by atoms with Crippen LogP contribution in [0.1, 0.15) is 31.2 Å².